The molecule has 19 heavy (non-hydrogen) atoms. The van der Waals surface area contributed by atoms with Gasteiger partial charge in [0, 0.05) is 12.6 Å². The minimum Gasteiger partial charge on any atom is -0.383 e. The fourth-order valence-electron chi connectivity index (χ4n) is 1.88. The van der Waals surface area contributed by atoms with Crippen LogP contribution in [0.15, 0.2) is 12.1 Å². The van der Waals surface area contributed by atoms with E-state index >= 15 is 0 Å². The van der Waals surface area contributed by atoms with Gasteiger partial charge >= 0.3 is 0 Å². The first-order valence-corrected chi connectivity index (χ1v) is 6.68. The zero-order valence-corrected chi connectivity index (χ0v) is 11.8. The molecular weight excluding hydrogens is 244 g/mol. The number of aromatic nitrogens is 1. The van der Waals surface area contributed by atoms with E-state index in [1.807, 2.05) is 0 Å². The van der Waals surface area contributed by atoms with Crippen molar-refractivity contribution < 1.29 is 4.92 Å². The van der Waals surface area contributed by atoms with Gasteiger partial charge in [0.05, 0.1) is 17.1 Å². The van der Waals surface area contributed by atoms with E-state index in [0.29, 0.717) is 5.82 Å². The van der Waals surface area contributed by atoms with Crippen molar-refractivity contribution in [2.75, 3.05) is 17.2 Å². The lowest BCUT2D eigenvalue weighted by atomic mass is 10.2. The fourth-order valence-corrected chi connectivity index (χ4v) is 1.88. The Hall–Kier alpha value is -1.85. The molecule has 6 nitrogen and oxygen atoms in total. The van der Waals surface area contributed by atoms with Crippen LogP contribution in [0.4, 0.5) is 17.3 Å². The number of unbranched alkanes of at least 4 members (excludes halogenated alkanes) is 1. The molecule has 106 valence electrons. The lowest BCUT2D eigenvalue weighted by molar-refractivity contribution is -0.384. The van der Waals surface area contributed by atoms with Gasteiger partial charge in [0.25, 0.3) is 5.69 Å². The van der Waals surface area contributed by atoms with Crippen LogP contribution < -0.4 is 10.6 Å². The van der Waals surface area contributed by atoms with E-state index in [-0.39, 0.29) is 17.5 Å². The van der Waals surface area contributed by atoms with Crippen molar-refractivity contribution in [2.24, 2.45) is 0 Å². The van der Waals surface area contributed by atoms with Crippen LogP contribution in [-0.2, 0) is 0 Å². The second-order valence-electron chi connectivity index (χ2n) is 4.67. The molecule has 1 rings (SSSR count). The van der Waals surface area contributed by atoms with Crippen molar-refractivity contribution in [1.29, 1.82) is 0 Å². The Morgan fingerprint density at radius 1 is 1.47 bits per heavy atom. The Morgan fingerprint density at radius 3 is 2.68 bits per heavy atom. The van der Waals surface area contributed by atoms with Gasteiger partial charge in [-0.3, -0.25) is 10.1 Å². The quantitative estimate of drug-likeness (QED) is 0.605. The molecule has 1 unspecified atom stereocenters. The summed E-state index contributed by atoms with van der Waals surface area (Å²) in [6.07, 6.45) is 3.04. The van der Waals surface area contributed by atoms with Gasteiger partial charge in [0.15, 0.2) is 0 Å². The maximum atomic E-state index is 10.9. The number of nitrogens with two attached hydrogens (primary N) is 1. The van der Waals surface area contributed by atoms with Crippen LogP contribution >= 0.6 is 0 Å². The summed E-state index contributed by atoms with van der Waals surface area (Å²) in [5.74, 6) is 0.781. The Balaban J connectivity index is 3.10. The third-order valence-electron chi connectivity index (χ3n) is 3.20. The summed E-state index contributed by atoms with van der Waals surface area (Å²) in [5, 5.41) is 10.9. The Labute approximate surface area is 113 Å². The van der Waals surface area contributed by atoms with Gasteiger partial charge in [-0.05, 0) is 19.8 Å². The third kappa shape index (κ3) is 4.08. The number of nitrogens with zero attached hydrogens (tertiary/aromatic N) is 3. The van der Waals surface area contributed by atoms with E-state index in [4.69, 9.17) is 5.73 Å². The summed E-state index contributed by atoms with van der Waals surface area (Å²) in [6, 6.07) is 3.07. The molecule has 0 aliphatic heterocycles. The first-order valence-electron chi connectivity index (χ1n) is 6.68. The Bertz CT molecular complexity index is 437. The van der Waals surface area contributed by atoms with Gasteiger partial charge < -0.3 is 10.6 Å². The molecule has 2 N–H and O–H groups in total. The van der Waals surface area contributed by atoms with Crippen molar-refractivity contribution >= 4 is 17.3 Å². The Kier molecular flexibility index (Phi) is 5.54. The summed E-state index contributed by atoms with van der Waals surface area (Å²) in [5.41, 5.74) is 5.66. The second-order valence-corrected chi connectivity index (χ2v) is 4.67. The first kappa shape index (κ1) is 15.2. The lowest BCUT2D eigenvalue weighted by Gasteiger charge is -2.29. The maximum absolute atomic E-state index is 10.9. The standard InChI is InChI=1S/C13H22N4O2/c1-4-6-7-16(10(3)5-2)13-9-11(17(18)19)8-12(14)15-13/h8-10H,4-7H2,1-3H3,(H2,14,15). The lowest BCUT2D eigenvalue weighted by Crippen LogP contribution is -2.34. The molecule has 1 aromatic rings. The molecule has 0 spiro atoms. The van der Waals surface area contributed by atoms with Gasteiger partial charge in [-0.1, -0.05) is 20.3 Å². The SMILES string of the molecule is CCCCN(c1cc([N+](=O)[O-])cc(N)n1)C(C)CC. The average molecular weight is 266 g/mol. The molecule has 0 amide bonds. The summed E-state index contributed by atoms with van der Waals surface area (Å²) >= 11 is 0. The summed E-state index contributed by atoms with van der Waals surface area (Å²) in [7, 11) is 0. The first-order chi connectivity index (χ1) is 8.99. The van der Waals surface area contributed by atoms with E-state index in [9.17, 15) is 10.1 Å². The monoisotopic (exact) mass is 266 g/mol. The molecule has 0 aliphatic rings. The van der Waals surface area contributed by atoms with Crippen LogP contribution in [-0.4, -0.2) is 22.5 Å². The summed E-state index contributed by atoms with van der Waals surface area (Å²) in [4.78, 5) is 16.8. The van der Waals surface area contributed by atoms with Crippen LogP contribution in [0.3, 0.4) is 0 Å². The highest BCUT2D eigenvalue weighted by Gasteiger charge is 2.18. The van der Waals surface area contributed by atoms with Crippen molar-refractivity contribution in [1.82, 2.24) is 4.98 Å². The van der Waals surface area contributed by atoms with Gasteiger partial charge in [-0.15, -0.1) is 0 Å². The van der Waals surface area contributed by atoms with E-state index in [0.717, 1.165) is 25.8 Å². The molecule has 0 fully saturated rings. The van der Waals surface area contributed by atoms with Crippen LogP contribution in [0, 0.1) is 10.1 Å². The molecule has 1 aromatic heterocycles. The third-order valence-corrected chi connectivity index (χ3v) is 3.20. The molecule has 6 heteroatoms. The van der Waals surface area contributed by atoms with Crippen LogP contribution in [0.1, 0.15) is 40.0 Å². The van der Waals surface area contributed by atoms with Gasteiger partial charge in [-0.2, -0.15) is 0 Å². The number of nitrogen functional groups attached to an aromatic ring is 1. The molecular formula is C13H22N4O2. The maximum Gasteiger partial charge on any atom is 0.276 e. The summed E-state index contributed by atoms with van der Waals surface area (Å²) in [6.45, 7) is 7.12. The number of hydrogen-bond donors (Lipinski definition) is 1. The van der Waals surface area contributed by atoms with Gasteiger partial charge in [0.2, 0.25) is 0 Å². The van der Waals surface area contributed by atoms with Gasteiger partial charge in [0.1, 0.15) is 11.6 Å². The zero-order valence-electron chi connectivity index (χ0n) is 11.8. The average Bonchev–Trinajstić information content (AvgIpc) is 2.38. The molecule has 0 saturated heterocycles. The number of rotatable bonds is 7. The molecule has 0 radical (unpaired) electrons. The van der Waals surface area contributed by atoms with Crippen molar-refractivity contribution in [3.63, 3.8) is 0 Å². The number of nitro groups is 1. The van der Waals surface area contributed by atoms with E-state index < -0.39 is 4.92 Å². The van der Waals surface area contributed by atoms with Crippen LogP contribution in [0.2, 0.25) is 0 Å². The molecule has 0 aliphatic carbocycles. The predicted molar refractivity (Wildman–Crippen MR) is 77.3 cm³/mol. The number of pyridine rings is 1. The van der Waals surface area contributed by atoms with E-state index in [1.54, 1.807) is 0 Å². The largest absolute Gasteiger partial charge is 0.383 e. The minimum absolute atomic E-state index is 0.00713. The highest BCUT2D eigenvalue weighted by Crippen LogP contribution is 2.24. The summed E-state index contributed by atoms with van der Waals surface area (Å²) < 4.78 is 0. The van der Waals surface area contributed by atoms with Crippen LogP contribution in [0.25, 0.3) is 0 Å². The second kappa shape index (κ2) is 6.92. The zero-order chi connectivity index (χ0) is 14.4. The van der Waals surface area contributed by atoms with Crippen molar-refractivity contribution in [3.8, 4) is 0 Å². The highest BCUT2D eigenvalue weighted by atomic mass is 16.6. The minimum atomic E-state index is -0.434. The van der Waals surface area contributed by atoms with E-state index in [2.05, 4.69) is 30.7 Å². The Morgan fingerprint density at radius 2 is 2.16 bits per heavy atom. The van der Waals surface area contributed by atoms with Crippen molar-refractivity contribution in [3.05, 3.63) is 22.2 Å². The molecule has 1 atom stereocenters. The van der Waals surface area contributed by atoms with Gasteiger partial charge in [-0.25, -0.2) is 4.98 Å². The van der Waals surface area contributed by atoms with Crippen LogP contribution in [0.5, 0.6) is 0 Å². The van der Waals surface area contributed by atoms with E-state index in [1.165, 1.54) is 12.1 Å². The molecule has 0 aromatic carbocycles. The number of anilines is 2. The highest BCUT2D eigenvalue weighted by molar-refractivity contribution is 5.54. The fraction of sp³-hybridized carbons (Fsp3) is 0.615. The molecule has 0 saturated carbocycles. The molecule has 1 heterocycles. The van der Waals surface area contributed by atoms with Crippen molar-refractivity contribution in [2.45, 2.75) is 46.1 Å². The smallest absolute Gasteiger partial charge is 0.276 e. The topological polar surface area (TPSA) is 85.3 Å². The predicted octanol–water partition coefficient (Wildman–Crippen LogP) is 2.98. The normalized spacial score (nSPS) is 12.2. The molecule has 0 bridgehead atoms. The number of hydrogen-bond acceptors (Lipinski definition) is 5.